The molecule has 76 valence electrons. The number of halogens is 1. The van der Waals surface area contributed by atoms with Crippen molar-refractivity contribution in [2.24, 2.45) is 0 Å². The Balaban J connectivity index is 2.51. The van der Waals surface area contributed by atoms with Crippen molar-refractivity contribution >= 4 is 27.9 Å². The van der Waals surface area contributed by atoms with E-state index in [1.807, 2.05) is 19.2 Å². The topological polar surface area (TPSA) is 20.3 Å². The first kappa shape index (κ1) is 11.2. The van der Waals surface area contributed by atoms with Gasteiger partial charge in [-0.2, -0.15) is 0 Å². The van der Waals surface area contributed by atoms with Crippen LogP contribution in [0, 0.1) is 0 Å². The smallest absolute Gasteiger partial charge is 0.120 e. The molecule has 0 bridgehead atoms. The molecule has 0 atom stereocenters. The van der Waals surface area contributed by atoms with Crippen molar-refractivity contribution in [3.05, 3.63) is 28.7 Å². The van der Waals surface area contributed by atoms with Crippen LogP contribution >= 0.6 is 15.9 Å². The van der Waals surface area contributed by atoms with Crippen LogP contribution in [0.5, 0.6) is 0 Å². The molecule has 1 aromatic rings. The van der Waals surface area contributed by atoms with Gasteiger partial charge >= 0.3 is 0 Å². The Bertz CT molecular complexity index is 301. The van der Waals surface area contributed by atoms with Crippen LogP contribution in [0.2, 0.25) is 0 Å². The zero-order valence-electron chi connectivity index (χ0n) is 8.24. The molecule has 0 aliphatic heterocycles. The highest BCUT2D eigenvalue weighted by Gasteiger charge is 1.99. The molecule has 1 rings (SSSR count). The lowest BCUT2D eigenvalue weighted by molar-refractivity contribution is -0.107. The van der Waals surface area contributed by atoms with Gasteiger partial charge in [0.25, 0.3) is 0 Å². The fourth-order valence-corrected chi connectivity index (χ4v) is 1.64. The summed E-state index contributed by atoms with van der Waals surface area (Å²) in [5, 5.41) is 0. The molecule has 0 spiro atoms. The molecule has 0 saturated heterocycles. The molecule has 0 unspecified atom stereocenters. The number of hydrogen-bond acceptors (Lipinski definition) is 2. The minimum atomic E-state index is 0.637. The van der Waals surface area contributed by atoms with Crippen LogP contribution in [-0.2, 0) is 4.79 Å². The summed E-state index contributed by atoms with van der Waals surface area (Å²) >= 11 is 3.43. The van der Waals surface area contributed by atoms with Gasteiger partial charge in [0.2, 0.25) is 0 Å². The second kappa shape index (κ2) is 5.81. The van der Waals surface area contributed by atoms with Crippen LogP contribution in [0.15, 0.2) is 28.7 Å². The van der Waals surface area contributed by atoms with Crippen molar-refractivity contribution in [3.8, 4) is 0 Å². The minimum absolute atomic E-state index is 0.637. The second-order valence-corrected chi connectivity index (χ2v) is 4.13. The van der Waals surface area contributed by atoms with Crippen molar-refractivity contribution in [2.45, 2.75) is 12.8 Å². The molecule has 0 amide bonds. The van der Waals surface area contributed by atoms with Gasteiger partial charge in [0.15, 0.2) is 0 Å². The summed E-state index contributed by atoms with van der Waals surface area (Å²) < 4.78 is 1.08. The normalized spacial score (nSPS) is 9.86. The van der Waals surface area contributed by atoms with E-state index in [4.69, 9.17) is 0 Å². The number of rotatable bonds is 5. The zero-order chi connectivity index (χ0) is 10.4. The van der Waals surface area contributed by atoms with Gasteiger partial charge in [-0.3, -0.25) is 0 Å². The maximum absolute atomic E-state index is 10.2. The second-order valence-electron chi connectivity index (χ2n) is 3.21. The van der Waals surface area contributed by atoms with Crippen LogP contribution in [0.1, 0.15) is 12.8 Å². The number of hydrogen-bond donors (Lipinski definition) is 0. The van der Waals surface area contributed by atoms with Crippen molar-refractivity contribution in [1.29, 1.82) is 0 Å². The number of unbranched alkanes of at least 4 members (excludes halogenated alkanes) is 1. The van der Waals surface area contributed by atoms with Gasteiger partial charge in [-0.1, -0.05) is 22.0 Å². The first-order valence-corrected chi connectivity index (χ1v) is 5.43. The predicted octanol–water partition coefficient (Wildman–Crippen LogP) is 2.86. The Hall–Kier alpha value is -0.830. The third-order valence-electron chi connectivity index (χ3n) is 2.06. The quantitative estimate of drug-likeness (QED) is 0.596. The number of nitrogens with zero attached hydrogens (tertiary/aromatic N) is 1. The van der Waals surface area contributed by atoms with E-state index < -0.39 is 0 Å². The molecule has 0 fully saturated rings. The van der Waals surface area contributed by atoms with Crippen molar-refractivity contribution in [2.75, 3.05) is 18.5 Å². The van der Waals surface area contributed by atoms with E-state index in [1.54, 1.807) is 0 Å². The molecular formula is C11H14BrNO. The van der Waals surface area contributed by atoms with Crippen LogP contribution in [0.25, 0.3) is 0 Å². The highest BCUT2D eigenvalue weighted by molar-refractivity contribution is 9.10. The summed E-state index contributed by atoms with van der Waals surface area (Å²) in [5.41, 5.74) is 1.17. The molecule has 0 N–H and O–H groups in total. The zero-order valence-corrected chi connectivity index (χ0v) is 9.83. The summed E-state index contributed by atoms with van der Waals surface area (Å²) in [6, 6.07) is 8.14. The standard InChI is InChI=1S/C11H14BrNO/c1-13(7-2-3-8-14)11-6-4-5-10(12)9-11/h4-6,8-9H,2-3,7H2,1H3. The van der Waals surface area contributed by atoms with Gasteiger partial charge in [-0.05, 0) is 24.6 Å². The average molecular weight is 256 g/mol. The average Bonchev–Trinajstić information content (AvgIpc) is 2.18. The monoisotopic (exact) mass is 255 g/mol. The maximum Gasteiger partial charge on any atom is 0.120 e. The predicted molar refractivity (Wildman–Crippen MR) is 62.7 cm³/mol. The van der Waals surface area contributed by atoms with E-state index in [2.05, 4.69) is 33.0 Å². The molecule has 1 aromatic carbocycles. The summed E-state index contributed by atoms with van der Waals surface area (Å²) in [5.74, 6) is 0. The molecule has 0 aliphatic carbocycles. The lowest BCUT2D eigenvalue weighted by atomic mass is 10.2. The van der Waals surface area contributed by atoms with E-state index in [0.29, 0.717) is 6.42 Å². The molecule has 2 nitrogen and oxygen atoms in total. The highest BCUT2D eigenvalue weighted by Crippen LogP contribution is 2.18. The third-order valence-corrected chi connectivity index (χ3v) is 2.56. The summed E-state index contributed by atoms with van der Waals surface area (Å²) in [7, 11) is 2.03. The van der Waals surface area contributed by atoms with Crippen molar-refractivity contribution in [1.82, 2.24) is 0 Å². The fraction of sp³-hybridized carbons (Fsp3) is 0.364. The Kier molecular flexibility index (Phi) is 4.66. The number of carbonyl (C=O) groups is 1. The Morgan fingerprint density at radius 3 is 2.93 bits per heavy atom. The van der Waals surface area contributed by atoms with E-state index in [0.717, 1.165) is 23.7 Å². The molecule has 14 heavy (non-hydrogen) atoms. The highest BCUT2D eigenvalue weighted by atomic mass is 79.9. The first-order valence-electron chi connectivity index (χ1n) is 4.64. The largest absolute Gasteiger partial charge is 0.375 e. The molecule has 0 radical (unpaired) electrons. The summed E-state index contributed by atoms with van der Waals surface area (Å²) in [4.78, 5) is 12.3. The third kappa shape index (κ3) is 3.50. The SMILES string of the molecule is CN(CCCC=O)c1cccc(Br)c1. The van der Waals surface area contributed by atoms with E-state index in [-0.39, 0.29) is 0 Å². The maximum atomic E-state index is 10.2. The fourth-order valence-electron chi connectivity index (χ4n) is 1.25. The van der Waals surface area contributed by atoms with E-state index >= 15 is 0 Å². The molecule has 3 heteroatoms. The molecular weight excluding hydrogens is 242 g/mol. The van der Waals surface area contributed by atoms with Crippen molar-refractivity contribution in [3.63, 3.8) is 0 Å². The van der Waals surface area contributed by atoms with Gasteiger partial charge in [-0.25, -0.2) is 0 Å². The van der Waals surface area contributed by atoms with Gasteiger partial charge in [0, 0.05) is 30.2 Å². The summed E-state index contributed by atoms with van der Waals surface area (Å²) in [6.07, 6.45) is 2.51. The van der Waals surface area contributed by atoms with Gasteiger partial charge in [0.05, 0.1) is 0 Å². The molecule has 0 aliphatic rings. The Morgan fingerprint density at radius 2 is 2.29 bits per heavy atom. The van der Waals surface area contributed by atoms with Crippen LogP contribution in [0.4, 0.5) is 5.69 Å². The van der Waals surface area contributed by atoms with Crippen LogP contribution < -0.4 is 4.90 Å². The van der Waals surface area contributed by atoms with E-state index in [1.165, 1.54) is 5.69 Å². The van der Waals surface area contributed by atoms with E-state index in [9.17, 15) is 4.79 Å². The van der Waals surface area contributed by atoms with Gasteiger partial charge in [0.1, 0.15) is 6.29 Å². The Morgan fingerprint density at radius 1 is 1.50 bits per heavy atom. The molecule has 0 saturated carbocycles. The van der Waals surface area contributed by atoms with Crippen molar-refractivity contribution < 1.29 is 4.79 Å². The van der Waals surface area contributed by atoms with Crippen LogP contribution in [-0.4, -0.2) is 19.9 Å². The Labute approximate surface area is 93.0 Å². The molecule has 0 heterocycles. The minimum Gasteiger partial charge on any atom is -0.375 e. The lowest BCUT2D eigenvalue weighted by Crippen LogP contribution is -2.18. The number of aldehydes is 1. The molecule has 0 aromatic heterocycles. The lowest BCUT2D eigenvalue weighted by Gasteiger charge is -2.18. The van der Waals surface area contributed by atoms with Gasteiger partial charge in [-0.15, -0.1) is 0 Å². The summed E-state index contributed by atoms with van der Waals surface area (Å²) in [6.45, 7) is 0.912. The van der Waals surface area contributed by atoms with Crippen LogP contribution in [0.3, 0.4) is 0 Å². The van der Waals surface area contributed by atoms with Gasteiger partial charge < -0.3 is 9.69 Å². The first-order chi connectivity index (χ1) is 6.74. The number of anilines is 1. The number of carbonyl (C=O) groups excluding carboxylic acids is 1. The number of benzene rings is 1.